The first-order valence-corrected chi connectivity index (χ1v) is 11.5. The predicted octanol–water partition coefficient (Wildman–Crippen LogP) is 3.77. The van der Waals surface area contributed by atoms with Gasteiger partial charge in [-0.25, -0.2) is 14.4 Å². The van der Waals surface area contributed by atoms with Crippen molar-refractivity contribution in [1.82, 2.24) is 20.2 Å². The summed E-state index contributed by atoms with van der Waals surface area (Å²) in [5, 5.41) is 3.06. The van der Waals surface area contributed by atoms with E-state index >= 15 is 0 Å². The summed E-state index contributed by atoms with van der Waals surface area (Å²) in [5.74, 6) is 0.986. The molecule has 1 N–H and O–H groups in total. The quantitative estimate of drug-likeness (QED) is 0.562. The number of oxazole rings is 1. The third-order valence-corrected chi connectivity index (χ3v) is 5.74. The zero-order valence-electron chi connectivity index (χ0n) is 19.1. The Bertz CT molecular complexity index is 1050. The fourth-order valence-electron chi connectivity index (χ4n) is 4.07. The first kappa shape index (κ1) is 22.9. The van der Waals surface area contributed by atoms with Crippen LogP contribution in [0.25, 0.3) is 11.5 Å². The average molecular weight is 452 g/mol. The second-order valence-electron chi connectivity index (χ2n) is 8.40. The van der Waals surface area contributed by atoms with Crippen LogP contribution in [-0.2, 0) is 6.42 Å². The third kappa shape index (κ3) is 5.76. The number of pyridine rings is 1. The van der Waals surface area contributed by atoms with Crippen molar-refractivity contribution in [3.8, 4) is 11.5 Å². The van der Waals surface area contributed by atoms with Gasteiger partial charge in [-0.15, -0.1) is 0 Å². The molecule has 1 aromatic carbocycles. The molecule has 0 radical (unpaired) electrons. The largest absolute Gasteiger partial charge is 0.431 e. The molecule has 0 saturated carbocycles. The molecular formula is C25H30FN5O2. The zero-order chi connectivity index (χ0) is 23.2. The summed E-state index contributed by atoms with van der Waals surface area (Å²) >= 11 is 0. The Balaban J connectivity index is 1.35. The van der Waals surface area contributed by atoms with Crippen LogP contribution in [0, 0.1) is 5.82 Å². The van der Waals surface area contributed by atoms with Crippen LogP contribution in [0.15, 0.2) is 53.1 Å². The fraction of sp³-hybridized carbons (Fsp3) is 0.400. The molecule has 0 spiro atoms. The van der Waals surface area contributed by atoms with Crippen molar-refractivity contribution < 1.29 is 13.6 Å². The number of benzene rings is 1. The number of halogens is 1. The average Bonchev–Trinajstić information content (AvgIpc) is 3.25. The molecular weight excluding hydrogens is 421 g/mol. The van der Waals surface area contributed by atoms with E-state index in [-0.39, 0.29) is 23.5 Å². The minimum absolute atomic E-state index is 0.0484. The van der Waals surface area contributed by atoms with Gasteiger partial charge in [-0.2, -0.15) is 0 Å². The monoisotopic (exact) mass is 451 g/mol. The molecule has 3 aromatic rings. The van der Waals surface area contributed by atoms with Crippen LogP contribution >= 0.6 is 0 Å². The maximum absolute atomic E-state index is 13.3. The van der Waals surface area contributed by atoms with E-state index in [2.05, 4.69) is 25.1 Å². The van der Waals surface area contributed by atoms with Crippen LogP contribution in [-0.4, -0.2) is 59.5 Å². The molecule has 4 rings (SSSR count). The number of hydrogen-bond acceptors (Lipinski definition) is 6. The van der Waals surface area contributed by atoms with Crippen molar-refractivity contribution in [3.05, 3.63) is 65.9 Å². The Morgan fingerprint density at radius 1 is 1.15 bits per heavy atom. The number of amides is 1. The van der Waals surface area contributed by atoms with E-state index in [9.17, 15) is 9.18 Å². The Morgan fingerprint density at radius 3 is 2.58 bits per heavy atom. The van der Waals surface area contributed by atoms with Crippen LogP contribution in [0.4, 0.5) is 10.2 Å². The highest BCUT2D eigenvalue weighted by molar-refractivity contribution is 5.93. The summed E-state index contributed by atoms with van der Waals surface area (Å²) in [4.78, 5) is 26.6. The molecule has 7 nitrogen and oxygen atoms in total. The molecule has 33 heavy (non-hydrogen) atoms. The van der Waals surface area contributed by atoms with E-state index < -0.39 is 0 Å². The number of anilines is 1. The van der Waals surface area contributed by atoms with Gasteiger partial charge < -0.3 is 14.6 Å². The van der Waals surface area contributed by atoms with Crippen molar-refractivity contribution in [2.24, 2.45) is 0 Å². The number of hydrogen-bond donors (Lipinski definition) is 1. The second-order valence-corrected chi connectivity index (χ2v) is 8.40. The Kier molecular flexibility index (Phi) is 7.34. The van der Waals surface area contributed by atoms with Crippen LogP contribution in [0.5, 0.6) is 0 Å². The van der Waals surface area contributed by atoms with Gasteiger partial charge in [0.1, 0.15) is 11.6 Å². The van der Waals surface area contributed by atoms with E-state index in [4.69, 9.17) is 4.42 Å². The van der Waals surface area contributed by atoms with E-state index in [1.807, 2.05) is 38.2 Å². The van der Waals surface area contributed by atoms with Gasteiger partial charge >= 0.3 is 0 Å². The molecule has 1 atom stereocenters. The highest BCUT2D eigenvalue weighted by Gasteiger charge is 2.24. The van der Waals surface area contributed by atoms with Gasteiger partial charge in [0.25, 0.3) is 5.91 Å². The molecule has 174 valence electrons. The summed E-state index contributed by atoms with van der Waals surface area (Å²) in [7, 11) is 0. The number of aryl methyl sites for hydroxylation is 1. The smallest absolute Gasteiger partial charge is 0.289 e. The lowest BCUT2D eigenvalue weighted by Gasteiger charge is -2.36. The van der Waals surface area contributed by atoms with Gasteiger partial charge in [0.2, 0.25) is 11.7 Å². The van der Waals surface area contributed by atoms with Crippen LogP contribution in [0.3, 0.4) is 0 Å². The van der Waals surface area contributed by atoms with E-state index in [1.54, 1.807) is 12.1 Å². The van der Waals surface area contributed by atoms with Crippen molar-refractivity contribution in [1.29, 1.82) is 0 Å². The molecule has 0 bridgehead atoms. The van der Waals surface area contributed by atoms with Crippen molar-refractivity contribution in [3.63, 3.8) is 0 Å². The highest BCUT2D eigenvalue weighted by atomic mass is 19.1. The van der Waals surface area contributed by atoms with Crippen LogP contribution in [0.1, 0.15) is 36.5 Å². The lowest BCUT2D eigenvalue weighted by molar-refractivity contribution is 0.0899. The maximum Gasteiger partial charge on any atom is 0.289 e. The molecule has 8 heteroatoms. The summed E-state index contributed by atoms with van der Waals surface area (Å²) in [6.45, 7) is 8.41. The Hall–Kier alpha value is -3.26. The van der Waals surface area contributed by atoms with Crippen molar-refractivity contribution >= 4 is 11.7 Å². The van der Waals surface area contributed by atoms with Crippen molar-refractivity contribution in [2.75, 3.05) is 37.6 Å². The first-order valence-electron chi connectivity index (χ1n) is 11.5. The number of nitrogens with one attached hydrogen (secondary N) is 1. The van der Waals surface area contributed by atoms with Gasteiger partial charge in [0.05, 0.1) is 5.69 Å². The molecule has 1 fully saturated rings. The highest BCUT2D eigenvalue weighted by Crippen LogP contribution is 2.23. The van der Waals surface area contributed by atoms with E-state index in [0.29, 0.717) is 23.6 Å². The molecule has 1 saturated heterocycles. The van der Waals surface area contributed by atoms with Gasteiger partial charge in [-0.3, -0.25) is 9.69 Å². The van der Waals surface area contributed by atoms with Crippen LogP contribution in [0.2, 0.25) is 0 Å². The topological polar surface area (TPSA) is 74.5 Å². The number of nitrogens with zero attached hydrogens (tertiary/aromatic N) is 4. The van der Waals surface area contributed by atoms with E-state index in [0.717, 1.165) is 45.0 Å². The molecule has 3 heterocycles. The number of piperazine rings is 1. The maximum atomic E-state index is 13.3. The van der Waals surface area contributed by atoms with Crippen molar-refractivity contribution in [2.45, 2.75) is 32.7 Å². The minimum atomic E-state index is -0.327. The molecule has 1 unspecified atom stereocenters. The summed E-state index contributed by atoms with van der Waals surface area (Å²) < 4.78 is 19.1. The molecule has 1 aliphatic rings. The standard InChI is InChI=1S/C25H30FN5O2/c1-3-6-21-23(33-25(29-21)19-8-10-20(26)11-9-19)24(32)28-18(2)17-30-13-15-31(16-14-30)22-7-4-5-12-27-22/h4-5,7-12,18H,3,6,13-17H2,1-2H3,(H,28,32). The van der Waals surface area contributed by atoms with E-state index in [1.165, 1.54) is 12.1 Å². The van der Waals surface area contributed by atoms with Crippen LogP contribution < -0.4 is 10.2 Å². The first-order chi connectivity index (χ1) is 16.0. The molecule has 1 amide bonds. The second kappa shape index (κ2) is 10.6. The Morgan fingerprint density at radius 2 is 1.91 bits per heavy atom. The van der Waals surface area contributed by atoms with Gasteiger partial charge in [0.15, 0.2) is 0 Å². The van der Waals surface area contributed by atoms with Gasteiger partial charge in [-0.1, -0.05) is 19.4 Å². The number of carbonyl (C=O) groups excluding carboxylic acids is 1. The lowest BCUT2D eigenvalue weighted by Crippen LogP contribution is -2.51. The number of aromatic nitrogens is 2. The zero-order valence-corrected chi connectivity index (χ0v) is 19.1. The summed E-state index contributed by atoms with van der Waals surface area (Å²) in [6.07, 6.45) is 3.29. The summed E-state index contributed by atoms with van der Waals surface area (Å²) in [5.41, 5.74) is 1.28. The predicted molar refractivity (Wildman–Crippen MR) is 126 cm³/mol. The SMILES string of the molecule is CCCc1nc(-c2ccc(F)cc2)oc1C(=O)NC(C)CN1CCN(c2ccccn2)CC1. The number of carbonyl (C=O) groups is 1. The normalized spacial score (nSPS) is 15.4. The fourth-order valence-corrected chi connectivity index (χ4v) is 4.07. The number of rotatable bonds is 8. The molecule has 0 aliphatic carbocycles. The molecule has 1 aliphatic heterocycles. The molecule has 2 aromatic heterocycles. The summed E-state index contributed by atoms with van der Waals surface area (Å²) in [6, 6.07) is 11.8. The minimum Gasteiger partial charge on any atom is -0.431 e. The lowest BCUT2D eigenvalue weighted by atomic mass is 10.2. The Labute approximate surface area is 193 Å². The van der Waals surface area contributed by atoms with Gasteiger partial charge in [-0.05, 0) is 49.7 Å². The van der Waals surface area contributed by atoms with Gasteiger partial charge in [0, 0.05) is 50.5 Å². The third-order valence-electron chi connectivity index (χ3n) is 5.74.